The molecule has 5 N–H and O–H groups in total. The van der Waals surface area contributed by atoms with E-state index in [1.54, 1.807) is 0 Å². The Bertz CT molecular complexity index is 856. The van der Waals surface area contributed by atoms with Gasteiger partial charge in [-0.15, -0.1) is 0 Å². The monoisotopic (exact) mass is 507 g/mol. The van der Waals surface area contributed by atoms with Crippen LogP contribution in [-0.2, 0) is 19.2 Å². The standard InChI is InChI=1S/C26H45N5O5/c1-8-16-12-13-31(23(35)20(25(2,3)4)29-24(36)30-26(5,6)7)18(16)22(34)28-17(19(32)21(27)33)14-15-10-9-11-15/h15-18,20H,8-14H2,1-7H3,(H2,27,33)(H,28,34)(H2,29,30,36)/t16?,17?,18-,20+/m0/s1. The summed E-state index contributed by atoms with van der Waals surface area (Å²) in [5.74, 6) is -2.54. The summed E-state index contributed by atoms with van der Waals surface area (Å²) < 4.78 is 0. The van der Waals surface area contributed by atoms with Gasteiger partial charge >= 0.3 is 6.03 Å². The van der Waals surface area contributed by atoms with Crippen molar-refractivity contribution >= 4 is 29.5 Å². The van der Waals surface area contributed by atoms with Gasteiger partial charge in [-0.1, -0.05) is 53.4 Å². The van der Waals surface area contributed by atoms with Gasteiger partial charge in [-0.05, 0) is 50.9 Å². The molecule has 1 aliphatic carbocycles. The number of carbonyl (C=O) groups excluding carboxylic acids is 5. The molecule has 5 amide bonds. The summed E-state index contributed by atoms with van der Waals surface area (Å²) in [6.07, 6.45) is 4.60. The number of nitrogens with one attached hydrogen (secondary N) is 3. The van der Waals surface area contributed by atoms with Gasteiger partial charge in [-0.2, -0.15) is 0 Å². The Morgan fingerprint density at radius 1 is 0.972 bits per heavy atom. The lowest BCUT2D eigenvalue weighted by molar-refractivity contribution is -0.144. The third-order valence-electron chi connectivity index (χ3n) is 7.15. The van der Waals surface area contributed by atoms with E-state index in [0.29, 0.717) is 25.8 Å². The smallest absolute Gasteiger partial charge is 0.315 e. The Labute approximate surface area is 214 Å². The van der Waals surface area contributed by atoms with Crippen molar-refractivity contribution in [1.82, 2.24) is 20.9 Å². The summed E-state index contributed by atoms with van der Waals surface area (Å²) >= 11 is 0. The first-order valence-electron chi connectivity index (χ1n) is 13.1. The minimum Gasteiger partial charge on any atom is -0.363 e. The molecule has 2 fully saturated rings. The van der Waals surface area contributed by atoms with Gasteiger partial charge in [0.2, 0.25) is 17.6 Å². The number of Topliss-reactive ketones (excluding diaryl/α,β-unsaturated/α-hetero) is 1. The Hall–Kier alpha value is -2.65. The highest BCUT2D eigenvalue weighted by Gasteiger charge is 2.46. The molecule has 1 saturated heterocycles. The minimum atomic E-state index is -1.08. The number of nitrogens with zero attached hydrogens (tertiary/aromatic N) is 1. The number of hydrogen-bond donors (Lipinski definition) is 4. The van der Waals surface area contributed by atoms with Crippen molar-refractivity contribution in [1.29, 1.82) is 0 Å². The molecular weight excluding hydrogens is 462 g/mol. The van der Waals surface area contributed by atoms with Crippen LogP contribution >= 0.6 is 0 Å². The predicted octanol–water partition coefficient (Wildman–Crippen LogP) is 1.86. The van der Waals surface area contributed by atoms with E-state index in [9.17, 15) is 24.0 Å². The van der Waals surface area contributed by atoms with Gasteiger partial charge in [-0.3, -0.25) is 19.2 Å². The van der Waals surface area contributed by atoms with Gasteiger partial charge in [0.05, 0.1) is 6.04 Å². The molecule has 0 spiro atoms. The van der Waals surface area contributed by atoms with Crippen LogP contribution in [0.25, 0.3) is 0 Å². The number of carbonyl (C=O) groups is 5. The van der Waals surface area contributed by atoms with Crippen LogP contribution in [0.15, 0.2) is 0 Å². The normalized spacial score (nSPS) is 22.2. The van der Waals surface area contributed by atoms with Crippen LogP contribution < -0.4 is 21.7 Å². The summed E-state index contributed by atoms with van der Waals surface area (Å²) in [4.78, 5) is 65.6. The van der Waals surface area contributed by atoms with Crippen LogP contribution in [0.3, 0.4) is 0 Å². The summed E-state index contributed by atoms with van der Waals surface area (Å²) in [6, 6.07) is -3.13. The number of rotatable bonds is 9. The summed E-state index contributed by atoms with van der Waals surface area (Å²) in [7, 11) is 0. The lowest BCUT2D eigenvalue weighted by Crippen LogP contribution is -2.61. The van der Waals surface area contributed by atoms with Gasteiger partial charge < -0.3 is 26.6 Å². The molecule has 204 valence electrons. The van der Waals surface area contributed by atoms with E-state index >= 15 is 0 Å². The highest BCUT2D eigenvalue weighted by Crippen LogP contribution is 2.33. The van der Waals surface area contributed by atoms with Crippen molar-refractivity contribution in [3.63, 3.8) is 0 Å². The average Bonchev–Trinajstić information content (AvgIpc) is 3.14. The number of nitrogens with two attached hydrogens (primary N) is 1. The maximum Gasteiger partial charge on any atom is 0.315 e. The van der Waals surface area contributed by atoms with Crippen molar-refractivity contribution in [3.8, 4) is 0 Å². The van der Waals surface area contributed by atoms with Crippen LogP contribution in [0.4, 0.5) is 4.79 Å². The van der Waals surface area contributed by atoms with Gasteiger partial charge in [0, 0.05) is 12.1 Å². The molecule has 1 heterocycles. The van der Waals surface area contributed by atoms with Crippen LogP contribution in [0.1, 0.15) is 87.0 Å². The molecule has 2 rings (SSSR count). The molecule has 10 heteroatoms. The molecule has 0 aromatic heterocycles. The molecule has 0 radical (unpaired) electrons. The summed E-state index contributed by atoms with van der Waals surface area (Å²) in [5.41, 5.74) is 4.15. The van der Waals surface area contributed by atoms with Crippen LogP contribution in [-0.4, -0.2) is 64.6 Å². The molecule has 10 nitrogen and oxygen atoms in total. The zero-order valence-corrected chi connectivity index (χ0v) is 22.9. The van der Waals surface area contributed by atoms with Gasteiger partial charge in [0.25, 0.3) is 5.91 Å². The Morgan fingerprint density at radius 2 is 1.58 bits per heavy atom. The largest absolute Gasteiger partial charge is 0.363 e. The molecule has 1 saturated carbocycles. The van der Waals surface area contributed by atoms with Crippen molar-refractivity contribution < 1.29 is 24.0 Å². The number of likely N-dealkylation sites (tertiary alicyclic amines) is 1. The molecule has 0 bridgehead atoms. The second-order valence-electron chi connectivity index (χ2n) is 12.4. The number of hydrogen-bond acceptors (Lipinski definition) is 5. The maximum absolute atomic E-state index is 13.8. The van der Waals surface area contributed by atoms with Crippen LogP contribution in [0.5, 0.6) is 0 Å². The van der Waals surface area contributed by atoms with Crippen molar-refractivity contribution in [2.24, 2.45) is 23.0 Å². The van der Waals surface area contributed by atoms with E-state index in [4.69, 9.17) is 5.73 Å². The Morgan fingerprint density at radius 3 is 2.03 bits per heavy atom. The number of urea groups is 1. The second-order valence-corrected chi connectivity index (χ2v) is 12.4. The highest BCUT2D eigenvalue weighted by molar-refractivity contribution is 6.37. The highest BCUT2D eigenvalue weighted by atomic mass is 16.2. The second kappa shape index (κ2) is 11.6. The van der Waals surface area contributed by atoms with Gasteiger partial charge in [0.15, 0.2) is 0 Å². The quantitative estimate of drug-likeness (QED) is 0.351. The molecule has 1 aliphatic heterocycles. The zero-order valence-electron chi connectivity index (χ0n) is 22.9. The number of ketones is 1. The van der Waals surface area contributed by atoms with Crippen LogP contribution in [0, 0.1) is 17.3 Å². The molecule has 2 aliphatic rings. The number of amides is 5. The molecule has 4 atom stereocenters. The summed E-state index contributed by atoms with van der Waals surface area (Å²) in [6.45, 7) is 13.4. The first-order valence-corrected chi connectivity index (χ1v) is 13.1. The SMILES string of the molecule is CCC1CCN(C(=O)[C@@H](NC(=O)NC(C)(C)C)C(C)(C)C)[C@@H]1C(=O)NC(CC1CCC1)C(=O)C(N)=O. The van der Waals surface area contributed by atoms with E-state index in [-0.39, 0.29) is 17.7 Å². The fourth-order valence-electron chi connectivity index (χ4n) is 4.93. The van der Waals surface area contributed by atoms with E-state index in [1.807, 2.05) is 48.5 Å². The summed E-state index contributed by atoms with van der Waals surface area (Å²) in [5, 5.41) is 8.38. The fourth-order valence-corrected chi connectivity index (χ4v) is 4.93. The van der Waals surface area contributed by atoms with E-state index in [2.05, 4.69) is 16.0 Å². The first-order chi connectivity index (χ1) is 16.5. The predicted molar refractivity (Wildman–Crippen MR) is 137 cm³/mol. The lowest BCUT2D eigenvalue weighted by atomic mass is 9.80. The van der Waals surface area contributed by atoms with Gasteiger partial charge in [0.1, 0.15) is 12.1 Å². The van der Waals surface area contributed by atoms with E-state index in [1.165, 1.54) is 4.90 Å². The van der Waals surface area contributed by atoms with E-state index in [0.717, 1.165) is 19.3 Å². The maximum atomic E-state index is 13.8. The third-order valence-corrected chi connectivity index (χ3v) is 7.15. The lowest BCUT2D eigenvalue weighted by Gasteiger charge is -2.37. The van der Waals surface area contributed by atoms with E-state index < -0.39 is 52.7 Å². The average molecular weight is 508 g/mol. The fraction of sp³-hybridized carbons (Fsp3) is 0.808. The number of primary amides is 1. The molecule has 36 heavy (non-hydrogen) atoms. The minimum absolute atomic E-state index is 0.106. The van der Waals surface area contributed by atoms with Crippen LogP contribution in [0.2, 0.25) is 0 Å². The Kier molecular flexibility index (Phi) is 9.53. The molecular formula is C26H45N5O5. The van der Waals surface area contributed by atoms with Crippen molar-refractivity contribution in [3.05, 3.63) is 0 Å². The molecule has 2 unspecified atom stereocenters. The molecule has 0 aromatic rings. The molecule has 0 aromatic carbocycles. The Balaban J connectivity index is 2.26. The van der Waals surface area contributed by atoms with Gasteiger partial charge in [-0.25, -0.2) is 4.79 Å². The van der Waals surface area contributed by atoms with Crippen molar-refractivity contribution in [2.75, 3.05) is 6.54 Å². The zero-order chi connectivity index (χ0) is 27.4. The van der Waals surface area contributed by atoms with Crippen molar-refractivity contribution in [2.45, 2.75) is 111 Å². The third kappa shape index (κ3) is 7.67. The first kappa shape index (κ1) is 29.6. The topological polar surface area (TPSA) is 151 Å².